The number of imide groups is 1. The third-order valence-corrected chi connectivity index (χ3v) is 3.02. The molecule has 0 saturated carbocycles. The van der Waals surface area contributed by atoms with Gasteiger partial charge in [0.25, 0.3) is 0 Å². The number of rotatable bonds is 6. The molecule has 7 heteroatoms. The molecule has 0 rings (SSSR count). The highest BCUT2D eigenvalue weighted by atomic mass is 32.2. The summed E-state index contributed by atoms with van der Waals surface area (Å²) >= 11 is 1.01. The molecule has 92 valence electrons. The molecule has 0 saturated heterocycles. The molecule has 3 amide bonds. The number of carbonyl (C=O) groups excluding carboxylic acids is 2. The second-order valence-corrected chi connectivity index (χ2v) is 4.14. The summed E-state index contributed by atoms with van der Waals surface area (Å²) in [5.74, 6) is -1.48. The van der Waals surface area contributed by atoms with Crippen LogP contribution in [0, 0.1) is 0 Å². The largest absolute Gasteiger partial charge is 0.480 e. The summed E-state index contributed by atoms with van der Waals surface area (Å²) in [5, 5.41) is 12.6. The molecular formula is C9H16N2O4S. The molecule has 0 heterocycles. The van der Waals surface area contributed by atoms with Crippen LogP contribution in [0.5, 0.6) is 0 Å². The maximum absolute atomic E-state index is 11.2. The van der Waals surface area contributed by atoms with Crippen molar-refractivity contribution in [3.8, 4) is 0 Å². The average molecular weight is 248 g/mol. The van der Waals surface area contributed by atoms with Gasteiger partial charge in [0.05, 0.1) is 5.75 Å². The maximum Gasteiger partial charge on any atom is 0.321 e. The molecule has 6 nitrogen and oxygen atoms in total. The first-order valence-electron chi connectivity index (χ1n) is 4.93. The number of carbonyl (C=O) groups is 3. The molecule has 16 heavy (non-hydrogen) atoms. The molecule has 0 aromatic rings. The molecule has 3 N–H and O–H groups in total. The Morgan fingerprint density at radius 2 is 1.94 bits per heavy atom. The van der Waals surface area contributed by atoms with E-state index in [9.17, 15) is 14.4 Å². The molecule has 0 spiro atoms. The Hall–Kier alpha value is -1.24. The lowest BCUT2D eigenvalue weighted by Crippen LogP contribution is -2.40. The summed E-state index contributed by atoms with van der Waals surface area (Å²) in [6.45, 7) is 3.89. The summed E-state index contributed by atoms with van der Waals surface area (Å²) in [5.41, 5.74) is 0. The monoisotopic (exact) mass is 248 g/mol. The summed E-state index contributed by atoms with van der Waals surface area (Å²) in [6, 6.07) is -0.559. The van der Waals surface area contributed by atoms with Crippen LogP contribution in [0.2, 0.25) is 0 Å². The van der Waals surface area contributed by atoms with Crippen molar-refractivity contribution in [1.82, 2.24) is 10.6 Å². The number of urea groups is 1. The average Bonchev–Trinajstić information content (AvgIpc) is 2.18. The van der Waals surface area contributed by atoms with E-state index in [2.05, 4.69) is 10.6 Å². The minimum Gasteiger partial charge on any atom is -0.480 e. The van der Waals surface area contributed by atoms with Gasteiger partial charge in [-0.2, -0.15) is 0 Å². The minimum atomic E-state index is -0.946. The van der Waals surface area contributed by atoms with E-state index in [4.69, 9.17) is 5.11 Å². The molecule has 1 unspecified atom stereocenters. The summed E-state index contributed by atoms with van der Waals surface area (Å²) in [4.78, 5) is 32.8. The van der Waals surface area contributed by atoms with Gasteiger partial charge in [0, 0.05) is 6.54 Å². The number of carboxylic acid groups (broad SMARTS) is 1. The third kappa shape index (κ3) is 6.28. The molecule has 0 aromatic heterocycles. The van der Waals surface area contributed by atoms with Gasteiger partial charge >= 0.3 is 12.0 Å². The fourth-order valence-corrected chi connectivity index (χ4v) is 1.71. The van der Waals surface area contributed by atoms with E-state index in [-0.39, 0.29) is 5.75 Å². The topological polar surface area (TPSA) is 95.5 Å². The molecule has 0 fully saturated rings. The second-order valence-electron chi connectivity index (χ2n) is 2.95. The number of aliphatic carboxylic acids is 1. The standard InChI is InChI=1S/C9H16N2O4S/c1-3-6(8(13)14)16-5-7(12)11-9(15)10-4-2/h6H,3-5H2,1-2H3,(H,13,14)(H2,10,11,12,15). The number of amides is 3. The minimum absolute atomic E-state index is 0.0397. The zero-order valence-corrected chi connectivity index (χ0v) is 10.1. The van der Waals surface area contributed by atoms with Crippen LogP contribution in [0.3, 0.4) is 0 Å². The smallest absolute Gasteiger partial charge is 0.321 e. The quantitative estimate of drug-likeness (QED) is 0.633. The van der Waals surface area contributed by atoms with Crippen molar-refractivity contribution in [3.63, 3.8) is 0 Å². The fourth-order valence-electron chi connectivity index (χ4n) is 0.908. The Labute approximate surface area is 98.2 Å². The normalized spacial score (nSPS) is 11.6. The predicted octanol–water partition coefficient (Wildman–Crippen LogP) is 0.428. The first kappa shape index (κ1) is 14.8. The van der Waals surface area contributed by atoms with E-state index in [0.29, 0.717) is 13.0 Å². The zero-order valence-electron chi connectivity index (χ0n) is 9.28. The summed E-state index contributed by atoms with van der Waals surface area (Å²) in [6.07, 6.45) is 0.439. The lowest BCUT2D eigenvalue weighted by Gasteiger charge is -2.09. The van der Waals surface area contributed by atoms with E-state index >= 15 is 0 Å². The van der Waals surface area contributed by atoms with Crippen molar-refractivity contribution in [2.24, 2.45) is 0 Å². The zero-order chi connectivity index (χ0) is 12.6. The fraction of sp³-hybridized carbons (Fsp3) is 0.667. The first-order valence-corrected chi connectivity index (χ1v) is 5.98. The van der Waals surface area contributed by atoms with Crippen LogP contribution in [-0.2, 0) is 9.59 Å². The number of hydrogen-bond acceptors (Lipinski definition) is 4. The Bertz CT molecular complexity index is 270. The summed E-state index contributed by atoms with van der Waals surface area (Å²) in [7, 11) is 0. The number of carboxylic acids is 1. The lowest BCUT2D eigenvalue weighted by molar-refractivity contribution is -0.136. The van der Waals surface area contributed by atoms with E-state index in [1.54, 1.807) is 13.8 Å². The van der Waals surface area contributed by atoms with Crippen molar-refractivity contribution in [3.05, 3.63) is 0 Å². The molecule has 0 aliphatic carbocycles. The van der Waals surface area contributed by atoms with Crippen molar-refractivity contribution in [1.29, 1.82) is 0 Å². The molecule has 0 aliphatic rings. The van der Waals surface area contributed by atoms with Crippen LogP contribution < -0.4 is 10.6 Å². The second kappa shape index (κ2) is 7.98. The first-order chi connectivity index (χ1) is 7.51. The molecule has 0 aliphatic heterocycles. The van der Waals surface area contributed by atoms with Gasteiger partial charge in [-0.15, -0.1) is 11.8 Å². The van der Waals surface area contributed by atoms with Crippen LogP contribution in [-0.4, -0.2) is 40.6 Å². The van der Waals surface area contributed by atoms with Gasteiger partial charge in [0.1, 0.15) is 5.25 Å². The molecule has 0 radical (unpaired) electrons. The van der Waals surface area contributed by atoms with Gasteiger partial charge in [0.2, 0.25) is 5.91 Å². The van der Waals surface area contributed by atoms with Crippen molar-refractivity contribution in [2.75, 3.05) is 12.3 Å². The number of hydrogen-bond donors (Lipinski definition) is 3. The highest BCUT2D eigenvalue weighted by Crippen LogP contribution is 2.13. The van der Waals surface area contributed by atoms with E-state index in [1.807, 2.05) is 0 Å². The van der Waals surface area contributed by atoms with Gasteiger partial charge < -0.3 is 10.4 Å². The Morgan fingerprint density at radius 3 is 2.38 bits per heavy atom. The third-order valence-electron chi connectivity index (χ3n) is 1.65. The maximum atomic E-state index is 11.2. The van der Waals surface area contributed by atoms with Crippen molar-refractivity contribution >= 4 is 29.7 Å². The summed E-state index contributed by atoms with van der Waals surface area (Å²) < 4.78 is 0. The van der Waals surface area contributed by atoms with Crippen LogP contribution in [0.1, 0.15) is 20.3 Å². The molecule has 1 atom stereocenters. The van der Waals surface area contributed by atoms with Crippen LogP contribution in [0.4, 0.5) is 4.79 Å². The van der Waals surface area contributed by atoms with Gasteiger partial charge in [-0.1, -0.05) is 6.92 Å². The van der Waals surface area contributed by atoms with Crippen LogP contribution in [0.25, 0.3) is 0 Å². The van der Waals surface area contributed by atoms with Crippen molar-refractivity contribution in [2.45, 2.75) is 25.5 Å². The molecule has 0 bridgehead atoms. The van der Waals surface area contributed by atoms with Gasteiger partial charge in [0.15, 0.2) is 0 Å². The van der Waals surface area contributed by atoms with E-state index < -0.39 is 23.2 Å². The number of nitrogens with one attached hydrogen (secondary N) is 2. The molecular weight excluding hydrogens is 232 g/mol. The van der Waals surface area contributed by atoms with E-state index in [1.165, 1.54) is 0 Å². The van der Waals surface area contributed by atoms with Crippen molar-refractivity contribution < 1.29 is 19.5 Å². The predicted molar refractivity (Wildman–Crippen MR) is 61.4 cm³/mol. The van der Waals surface area contributed by atoms with E-state index in [0.717, 1.165) is 11.8 Å². The lowest BCUT2D eigenvalue weighted by atomic mass is 10.3. The number of thioether (sulfide) groups is 1. The Balaban J connectivity index is 3.88. The van der Waals surface area contributed by atoms with Crippen LogP contribution in [0.15, 0.2) is 0 Å². The SMILES string of the molecule is CCNC(=O)NC(=O)CSC(CC)C(=O)O. The Morgan fingerprint density at radius 1 is 1.31 bits per heavy atom. The Kier molecular flexibility index (Phi) is 7.36. The van der Waals surface area contributed by atoms with Gasteiger partial charge in [-0.3, -0.25) is 14.9 Å². The highest BCUT2D eigenvalue weighted by molar-refractivity contribution is 8.01. The van der Waals surface area contributed by atoms with Crippen LogP contribution >= 0.6 is 11.8 Å². The molecule has 0 aromatic carbocycles. The highest BCUT2D eigenvalue weighted by Gasteiger charge is 2.17. The van der Waals surface area contributed by atoms with Gasteiger partial charge in [-0.25, -0.2) is 4.79 Å². The van der Waals surface area contributed by atoms with Gasteiger partial charge in [-0.05, 0) is 13.3 Å².